The molecule has 0 amide bonds. The minimum Gasteiger partial charge on any atom is -0.289 e. The molecule has 1 aliphatic rings. The molecular formula is C30H43ClO2. The standard InChI is InChI=1S/C30H43ClO2/c1-21(2)11-8-12-22(3)13-9-14-23(4)15-10-16-24(5)19-20-27-28(31)30(33)26-18-7-6-17-25(26)29(27)32/h6-7,17-19,21-23H,8-16,20H2,1-5H3/b24-19+/t22-,23-/m1/s1. The first-order chi connectivity index (χ1) is 15.7. The van der Waals surface area contributed by atoms with E-state index in [4.69, 9.17) is 11.6 Å². The normalized spacial score (nSPS) is 16.4. The summed E-state index contributed by atoms with van der Waals surface area (Å²) in [5, 5.41) is 0.0785. The van der Waals surface area contributed by atoms with Gasteiger partial charge in [-0.3, -0.25) is 9.59 Å². The number of halogens is 1. The Balaban J connectivity index is 1.71. The Labute approximate surface area is 206 Å². The van der Waals surface area contributed by atoms with E-state index in [-0.39, 0.29) is 16.6 Å². The lowest BCUT2D eigenvalue weighted by molar-refractivity contribution is 0.0979. The zero-order valence-corrected chi connectivity index (χ0v) is 22.1. The molecule has 182 valence electrons. The van der Waals surface area contributed by atoms with E-state index >= 15 is 0 Å². The molecule has 1 aliphatic carbocycles. The highest BCUT2D eigenvalue weighted by molar-refractivity contribution is 6.50. The lowest BCUT2D eigenvalue weighted by Crippen LogP contribution is -2.19. The topological polar surface area (TPSA) is 34.1 Å². The third-order valence-electron chi connectivity index (χ3n) is 6.95. The van der Waals surface area contributed by atoms with E-state index in [2.05, 4.69) is 40.7 Å². The van der Waals surface area contributed by atoms with Crippen molar-refractivity contribution >= 4 is 23.2 Å². The van der Waals surface area contributed by atoms with E-state index in [1.165, 1.54) is 50.5 Å². The number of hydrogen-bond donors (Lipinski definition) is 0. The Morgan fingerprint density at radius 2 is 1.33 bits per heavy atom. The Kier molecular flexibility index (Phi) is 11.6. The van der Waals surface area contributed by atoms with Crippen molar-refractivity contribution in [3.05, 3.63) is 57.6 Å². The molecule has 0 radical (unpaired) electrons. The predicted octanol–water partition coefficient (Wildman–Crippen LogP) is 9.33. The van der Waals surface area contributed by atoms with Crippen molar-refractivity contribution < 1.29 is 9.59 Å². The number of hydrogen-bond acceptors (Lipinski definition) is 2. The van der Waals surface area contributed by atoms with Crippen LogP contribution in [0.2, 0.25) is 0 Å². The van der Waals surface area contributed by atoms with Crippen molar-refractivity contribution in [3.63, 3.8) is 0 Å². The lowest BCUT2D eigenvalue weighted by Gasteiger charge is -2.17. The fourth-order valence-electron chi connectivity index (χ4n) is 4.66. The third kappa shape index (κ3) is 8.89. The zero-order valence-electron chi connectivity index (χ0n) is 21.4. The maximum atomic E-state index is 12.8. The molecule has 1 aromatic rings. The van der Waals surface area contributed by atoms with Crippen molar-refractivity contribution in [2.45, 2.75) is 98.8 Å². The van der Waals surface area contributed by atoms with Crippen LogP contribution in [0.4, 0.5) is 0 Å². The van der Waals surface area contributed by atoms with Crippen LogP contribution < -0.4 is 0 Å². The van der Waals surface area contributed by atoms with Gasteiger partial charge >= 0.3 is 0 Å². The van der Waals surface area contributed by atoms with Gasteiger partial charge in [0.2, 0.25) is 5.78 Å². The molecule has 0 spiro atoms. The van der Waals surface area contributed by atoms with Crippen molar-refractivity contribution in [2.75, 3.05) is 0 Å². The van der Waals surface area contributed by atoms with Crippen molar-refractivity contribution in [1.29, 1.82) is 0 Å². The van der Waals surface area contributed by atoms with Gasteiger partial charge in [0, 0.05) is 16.7 Å². The average molecular weight is 471 g/mol. The minimum absolute atomic E-state index is 0.0785. The summed E-state index contributed by atoms with van der Waals surface area (Å²) in [6.45, 7) is 11.5. The molecule has 2 atom stereocenters. The largest absolute Gasteiger partial charge is 0.289 e. The molecule has 0 aliphatic heterocycles. The van der Waals surface area contributed by atoms with Crippen LogP contribution in [-0.2, 0) is 0 Å². The van der Waals surface area contributed by atoms with Gasteiger partial charge in [0.25, 0.3) is 0 Å². The summed E-state index contributed by atoms with van der Waals surface area (Å²) in [5.41, 5.74) is 2.57. The van der Waals surface area contributed by atoms with Gasteiger partial charge in [-0.15, -0.1) is 0 Å². The summed E-state index contributed by atoms with van der Waals surface area (Å²) >= 11 is 6.28. The molecule has 0 heterocycles. The highest BCUT2D eigenvalue weighted by atomic mass is 35.5. The maximum absolute atomic E-state index is 12.8. The van der Waals surface area contributed by atoms with Gasteiger partial charge in [-0.1, -0.05) is 120 Å². The van der Waals surface area contributed by atoms with E-state index in [0.29, 0.717) is 23.1 Å². The Morgan fingerprint density at radius 3 is 1.91 bits per heavy atom. The Bertz CT molecular complexity index is 862. The molecule has 2 rings (SSSR count). The molecule has 0 N–H and O–H groups in total. The quantitative estimate of drug-likeness (QED) is 0.254. The number of fused-ring (bicyclic) bond motifs is 1. The first-order valence-corrected chi connectivity index (χ1v) is 13.3. The number of carbonyl (C=O) groups is 2. The van der Waals surface area contributed by atoms with Crippen molar-refractivity contribution in [1.82, 2.24) is 0 Å². The van der Waals surface area contributed by atoms with Crippen LogP contribution in [0, 0.1) is 17.8 Å². The van der Waals surface area contributed by atoms with E-state index in [1.54, 1.807) is 24.3 Å². The van der Waals surface area contributed by atoms with E-state index in [9.17, 15) is 9.59 Å². The van der Waals surface area contributed by atoms with Crippen molar-refractivity contribution in [2.24, 2.45) is 17.8 Å². The van der Waals surface area contributed by atoms with Gasteiger partial charge in [-0.25, -0.2) is 0 Å². The summed E-state index contributed by atoms with van der Waals surface area (Å²) in [7, 11) is 0. The molecule has 3 heteroatoms. The van der Waals surface area contributed by atoms with Gasteiger partial charge in [-0.05, 0) is 43.9 Å². The first kappa shape index (κ1) is 27.6. The van der Waals surface area contributed by atoms with Crippen LogP contribution in [0.1, 0.15) is 120 Å². The number of carbonyl (C=O) groups excluding carboxylic acids is 2. The third-order valence-corrected chi connectivity index (χ3v) is 7.35. The van der Waals surface area contributed by atoms with E-state index in [0.717, 1.165) is 30.6 Å². The smallest absolute Gasteiger partial charge is 0.205 e. The lowest BCUT2D eigenvalue weighted by atomic mass is 9.87. The molecular weight excluding hydrogens is 428 g/mol. The average Bonchev–Trinajstić information content (AvgIpc) is 2.77. The van der Waals surface area contributed by atoms with Crippen LogP contribution in [-0.4, -0.2) is 11.6 Å². The van der Waals surface area contributed by atoms with Gasteiger partial charge in [0.05, 0.1) is 5.03 Å². The van der Waals surface area contributed by atoms with Crippen molar-refractivity contribution in [3.8, 4) is 0 Å². The van der Waals surface area contributed by atoms with E-state index < -0.39 is 0 Å². The molecule has 0 saturated heterocycles. The van der Waals surface area contributed by atoms with E-state index in [1.807, 2.05) is 0 Å². The molecule has 0 unspecified atom stereocenters. The first-order valence-electron chi connectivity index (χ1n) is 12.9. The summed E-state index contributed by atoms with van der Waals surface area (Å²) in [4.78, 5) is 25.3. The van der Waals surface area contributed by atoms with Gasteiger partial charge in [0.1, 0.15) is 0 Å². The Morgan fingerprint density at radius 1 is 0.818 bits per heavy atom. The van der Waals surface area contributed by atoms with Gasteiger partial charge in [-0.2, -0.15) is 0 Å². The fraction of sp³-hybridized carbons (Fsp3) is 0.600. The highest BCUT2D eigenvalue weighted by Gasteiger charge is 2.30. The minimum atomic E-state index is -0.240. The fourth-order valence-corrected chi connectivity index (χ4v) is 4.93. The van der Waals surface area contributed by atoms with Crippen LogP contribution >= 0.6 is 11.6 Å². The molecule has 0 fully saturated rings. The van der Waals surface area contributed by atoms with Crippen LogP contribution in [0.25, 0.3) is 0 Å². The van der Waals surface area contributed by atoms with Crippen LogP contribution in [0.3, 0.4) is 0 Å². The summed E-state index contributed by atoms with van der Waals surface area (Å²) < 4.78 is 0. The molecule has 2 nitrogen and oxygen atoms in total. The summed E-state index contributed by atoms with van der Waals surface area (Å²) in [5.74, 6) is 2.07. The number of ketones is 2. The second-order valence-electron chi connectivity index (χ2n) is 10.6. The number of Topliss-reactive ketones (excluding diaryl/α,β-unsaturated/α-hetero) is 2. The maximum Gasteiger partial charge on any atom is 0.205 e. The summed E-state index contributed by atoms with van der Waals surface area (Å²) in [6.07, 6.45) is 14.0. The van der Waals surface area contributed by atoms with Gasteiger partial charge < -0.3 is 0 Å². The van der Waals surface area contributed by atoms with Crippen LogP contribution in [0.15, 0.2) is 46.5 Å². The monoisotopic (exact) mass is 470 g/mol. The predicted molar refractivity (Wildman–Crippen MR) is 141 cm³/mol. The van der Waals surface area contributed by atoms with Gasteiger partial charge in [0.15, 0.2) is 5.78 Å². The highest BCUT2D eigenvalue weighted by Crippen LogP contribution is 2.31. The molecule has 0 saturated carbocycles. The molecule has 0 aromatic heterocycles. The second-order valence-corrected chi connectivity index (χ2v) is 11.0. The number of benzene rings is 1. The van der Waals surface area contributed by atoms with Crippen LogP contribution in [0.5, 0.6) is 0 Å². The Hall–Kier alpha value is -1.67. The second kappa shape index (κ2) is 13.9. The molecule has 0 bridgehead atoms. The zero-order chi connectivity index (χ0) is 24.4. The SMILES string of the molecule is C/C(=C\CC1=C(Cl)C(=O)c2ccccc2C1=O)CCC[C@H](C)CCC[C@H](C)CCCC(C)C. The number of rotatable bonds is 14. The molecule has 1 aromatic carbocycles. The number of allylic oxidation sites excluding steroid dienone is 4. The summed E-state index contributed by atoms with van der Waals surface area (Å²) in [6, 6.07) is 6.93. The molecule has 33 heavy (non-hydrogen) atoms.